The number of halogens is 1. The fraction of sp³-hybridized carbons (Fsp3) is 0.619. The highest BCUT2D eigenvalue weighted by molar-refractivity contribution is 5.88. The first kappa shape index (κ1) is 22.1. The van der Waals surface area contributed by atoms with Crippen molar-refractivity contribution < 1.29 is 23.5 Å². The summed E-state index contributed by atoms with van der Waals surface area (Å²) >= 11 is 0. The van der Waals surface area contributed by atoms with Crippen molar-refractivity contribution >= 4 is 17.7 Å². The summed E-state index contributed by atoms with van der Waals surface area (Å²) in [7, 11) is 0. The predicted octanol–water partition coefficient (Wildman–Crippen LogP) is 4.40. The number of anilines is 1. The van der Waals surface area contributed by atoms with E-state index in [0.717, 1.165) is 5.56 Å². The zero-order chi connectivity index (χ0) is 21.3. The number of hydrogen-bond donors (Lipinski definition) is 1. The number of aryl methyl sites for hydroxylation is 1. The summed E-state index contributed by atoms with van der Waals surface area (Å²) in [5, 5.41) is 2.62. The Kier molecular flexibility index (Phi) is 6.38. The van der Waals surface area contributed by atoms with Gasteiger partial charge in [0.1, 0.15) is 17.1 Å². The van der Waals surface area contributed by atoms with Crippen molar-refractivity contribution in [1.29, 1.82) is 0 Å². The van der Waals surface area contributed by atoms with Gasteiger partial charge in [-0.1, -0.05) is 0 Å². The minimum Gasteiger partial charge on any atom is -0.444 e. The van der Waals surface area contributed by atoms with Gasteiger partial charge in [0.15, 0.2) is 0 Å². The molecule has 6 nitrogen and oxygen atoms in total. The topological polar surface area (TPSA) is 67.9 Å². The second-order valence-electron chi connectivity index (χ2n) is 8.72. The van der Waals surface area contributed by atoms with Crippen LogP contribution in [0.25, 0.3) is 0 Å². The fourth-order valence-electron chi connectivity index (χ4n) is 3.37. The number of nitrogens with zero attached hydrogens (tertiary/aromatic N) is 1. The number of amides is 2. The van der Waals surface area contributed by atoms with Gasteiger partial charge >= 0.3 is 6.09 Å². The molecule has 156 valence electrons. The molecule has 2 amide bonds. The lowest BCUT2D eigenvalue weighted by Gasteiger charge is -2.35. The Hall–Kier alpha value is -2.15. The average molecular weight is 394 g/mol. The summed E-state index contributed by atoms with van der Waals surface area (Å²) in [5.74, 6) is -0.621. The summed E-state index contributed by atoms with van der Waals surface area (Å²) < 4.78 is 25.6. The number of rotatable bonds is 4. The maximum absolute atomic E-state index is 14.2. The highest BCUT2D eigenvalue weighted by atomic mass is 19.1. The molecule has 0 aromatic heterocycles. The highest BCUT2D eigenvalue weighted by Crippen LogP contribution is 2.32. The molecule has 1 unspecified atom stereocenters. The van der Waals surface area contributed by atoms with Crippen LogP contribution >= 0.6 is 0 Å². The zero-order valence-electron chi connectivity index (χ0n) is 17.8. The van der Waals surface area contributed by atoms with E-state index in [-0.39, 0.29) is 17.8 Å². The van der Waals surface area contributed by atoms with E-state index in [4.69, 9.17) is 9.47 Å². The van der Waals surface area contributed by atoms with Gasteiger partial charge in [0.2, 0.25) is 5.91 Å². The molecule has 1 N–H and O–H groups in total. The third-order valence-electron chi connectivity index (χ3n) is 4.68. The van der Waals surface area contributed by atoms with Gasteiger partial charge in [0, 0.05) is 12.6 Å². The quantitative estimate of drug-likeness (QED) is 0.822. The summed E-state index contributed by atoms with van der Waals surface area (Å²) in [6, 6.07) is 2.91. The molecular formula is C21H31FN2O4. The van der Waals surface area contributed by atoms with Crippen LogP contribution < -0.4 is 5.32 Å². The molecule has 1 saturated heterocycles. The van der Waals surface area contributed by atoms with Crippen LogP contribution in [0.5, 0.6) is 0 Å². The van der Waals surface area contributed by atoms with Crippen molar-refractivity contribution in [3.8, 4) is 0 Å². The summed E-state index contributed by atoms with van der Waals surface area (Å²) in [4.78, 5) is 25.6. The fourth-order valence-corrected chi connectivity index (χ4v) is 3.37. The van der Waals surface area contributed by atoms with Gasteiger partial charge in [-0.2, -0.15) is 0 Å². The molecular weight excluding hydrogens is 363 g/mol. The van der Waals surface area contributed by atoms with Crippen molar-refractivity contribution in [3.05, 3.63) is 29.1 Å². The molecule has 2 rings (SSSR count). The van der Waals surface area contributed by atoms with Crippen molar-refractivity contribution in [2.24, 2.45) is 0 Å². The van der Waals surface area contributed by atoms with Crippen molar-refractivity contribution in [3.63, 3.8) is 0 Å². The van der Waals surface area contributed by atoms with E-state index in [1.165, 1.54) is 13.0 Å². The lowest BCUT2D eigenvalue weighted by atomic mass is 9.99. The molecule has 7 heteroatoms. The third kappa shape index (κ3) is 5.44. The van der Waals surface area contributed by atoms with Gasteiger partial charge in [-0.25, -0.2) is 9.18 Å². The molecule has 0 aliphatic carbocycles. The Morgan fingerprint density at radius 1 is 1.36 bits per heavy atom. The van der Waals surface area contributed by atoms with Crippen LogP contribution in [0, 0.1) is 12.7 Å². The number of carbonyl (C=O) groups is 2. The molecule has 1 aliphatic heterocycles. The molecule has 0 bridgehead atoms. The van der Waals surface area contributed by atoms with Gasteiger partial charge in [0.05, 0.1) is 12.6 Å². The molecule has 0 saturated carbocycles. The van der Waals surface area contributed by atoms with Crippen LogP contribution in [-0.4, -0.2) is 40.9 Å². The van der Waals surface area contributed by atoms with Gasteiger partial charge in [-0.3, -0.25) is 9.69 Å². The smallest absolute Gasteiger partial charge is 0.412 e. The number of hydrogen-bond acceptors (Lipinski definition) is 4. The lowest BCUT2D eigenvalue weighted by Crippen LogP contribution is -2.49. The van der Waals surface area contributed by atoms with E-state index in [2.05, 4.69) is 5.32 Å². The number of carbonyl (C=O) groups excluding carboxylic acids is 2. The van der Waals surface area contributed by atoms with Crippen LogP contribution in [0.15, 0.2) is 12.1 Å². The first-order valence-electron chi connectivity index (χ1n) is 9.53. The maximum atomic E-state index is 14.2. The first-order valence-corrected chi connectivity index (χ1v) is 9.53. The molecule has 28 heavy (non-hydrogen) atoms. The Balaban J connectivity index is 2.17. The Morgan fingerprint density at radius 3 is 2.57 bits per heavy atom. The van der Waals surface area contributed by atoms with Crippen LogP contribution in [0.4, 0.5) is 14.9 Å². The van der Waals surface area contributed by atoms with E-state index >= 15 is 0 Å². The summed E-state index contributed by atoms with van der Waals surface area (Å²) in [6.45, 7) is 12.6. The van der Waals surface area contributed by atoms with Gasteiger partial charge in [-0.15, -0.1) is 0 Å². The zero-order valence-corrected chi connectivity index (χ0v) is 17.8. The Bertz CT molecular complexity index is 756. The van der Waals surface area contributed by atoms with Gasteiger partial charge in [-0.05, 0) is 77.6 Å². The Morgan fingerprint density at radius 2 is 2.00 bits per heavy atom. The van der Waals surface area contributed by atoms with Crippen LogP contribution in [0.1, 0.15) is 59.1 Å². The summed E-state index contributed by atoms with van der Waals surface area (Å²) in [5.41, 5.74) is 0.379. The molecule has 0 radical (unpaired) electrons. The van der Waals surface area contributed by atoms with Crippen molar-refractivity contribution in [2.75, 3.05) is 11.9 Å². The molecule has 1 heterocycles. The van der Waals surface area contributed by atoms with Crippen LogP contribution in [0.3, 0.4) is 0 Å². The van der Waals surface area contributed by atoms with Crippen LogP contribution in [-0.2, 0) is 20.7 Å². The highest BCUT2D eigenvalue weighted by Gasteiger charge is 2.45. The maximum Gasteiger partial charge on any atom is 0.412 e. The average Bonchev–Trinajstić information content (AvgIpc) is 2.81. The van der Waals surface area contributed by atoms with Gasteiger partial charge < -0.3 is 14.8 Å². The largest absolute Gasteiger partial charge is 0.444 e. The monoisotopic (exact) mass is 394 g/mol. The minimum absolute atomic E-state index is 0.184. The van der Waals surface area contributed by atoms with Crippen molar-refractivity contribution in [2.45, 2.75) is 78.7 Å². The third-order valence-corrected chi connectivity index (χ3v) is 4.68. The second kappa shape index (κ2) is 8.07. The molecule has 1 aromatic rings. The molecule has 1 aliphatic rings. The SMILES string of the molecule is CC(=O)Nc1cc(F)c(C)c(CCC2COC(C)(C)N2C(=O)OC(C)(C)C)c1. The van der Waals surface area contributed by atoms with E-state index in [1.807, 2.05) is 34.6 Å². The van der Waals surface area contributed by atoms with E-state index < -0.39 is 17.4 Å². The van der Waals surface area contributed by atoms with Crippen LogP contribution in [0.2, 0.25) is 0 Å². The predicted molar refractivity (Wildman–Crippen MR) is 106 cm³/mol. The standard InChI is InChI=1S/C21H31FN2O4/c1-13-15(10-16(11-18(13)22)23-14(2)25)8-9-17-12-27-21(6,7)24(17)19(26)28-20(3,4)5/h10-11,17H,8-9,12H2,1-7H3,(H,23,25). The number of nitrogens with one attached hydrogen (secondary N) is 1. The van der Waals surface area contributed by atoms with Gasteiger partial charge in [0.25, 0.3) is 0 Å². The van der Waals surface area contributed by atoms with E-state index in [9.17, 15) is 14.0 Å². The van der Waals surface area contributed by atoms with Crippen molar-refractivity contribution in [1.82, 2.24) is 4.90 Å². The molecule has 0 spiro atoms. The second-order valence-corrected chi connectivity index (χ2v) is 8.72. The first-order chi connectivity index (χ1) is 12.8. The van der Waals surface area contributed by atoms with E-state index in [1.54, 1.807) is 17.9 Å². The molecule has 1 atom stereocenters. The minimum atomic E-state index is -0.772. The number of benzene rings is 1. The molecule has 1 fully saturated rings. The lowest BCUT2D eigenvalue weighted by molar-refractivity contribution is -0.114. The van der Waals surface area contributed by atoms with E-state index in [0.29, 0.717) is 30.7 Å². The normalized spacial score (nSPS) is 18.9. The summed E-state index contributed by atoms with van der Waals surface area (Å²) in [6.07, 6.45) is 0.710. The Labute approximate surface area is 166 Å². The number of ether oxygens (including phenoxy) is 2. The molecule has 1 aromatic carbocycles.